The number of rotatable bonds is 3. The fourth-order valence-electron chi connectivity index (χ4n) is 1.55. The van der Waals surface area contributed by atoms with Crippen LogP contribution in [0, 0.1) is 0 Å². The van der Waals surface area contributed by atoms with Crippen molar-refractivity contribution in [3.8, 4) is 5.82 Å². The Labute approximate surface area is 121 Å². The smallest absolute Gasteiger partial charge is 0.434 e. The molecule has 0 atom stereocenters. The van der Waals surface area contributed by atoms with Gasteiger partial charge in [-0.1, -0.05) is 11.6 Å². The van der Waals surface area contributed by atoms with Crippen LogP contribution >= 0.6 is 11.6 Å². The zero-order valence-corrected chi connectivity index (χ0v) is 10.9. The van der Waals surface area contributed by atoms with E-state index in [0.717, 1.165) is 22.9 Å². The lowest BCUT2D eigenvalue weighted by Gasteiger charge is -2.12. The van der Waals surface area contributed by atoms with Crippen LogP contribution in [0.25, 0.3) is 11.9 Å². The Morgan fingerprint density at radius 3 is 2.67 bits per heavy atom. The van der Waals surface area contributed by atoms with Crippen LogP contribution in [-0.4, -0.2) is 25.8 Å². The quantitative estimate of drug-likeness (QED) is 0.884. The lowest BCUT2D eigenvalue weighted by molar-refractivity contribution is -0.141. The summed E-state index contributed by atoms with van der Waals surface area (Å²) in [5.41, 5.74) is -1.17. The predicted octanol–water partition coefficient (Wildman–Crippen LogP) is 3.04. The fraction of sp³-hybridized carbons (Fsp3) is 0.0833. The summed E-state index contributed by atoms with van der Waals surface area (Å²) in [6.45, 7) is 0. The van der Waals surface area contributed by atoms with E-state index in [2.05, 4.69) is 10.1 Å². The van der Waals surface area contributed by atoms with E-state index in [-0.39, 0.29) is 11.4 Å². The van der Waals surface area contributed by atoms with Gasteiger partial charge in [-0.25, -0.2) is 14.5 Å². The molecule has 0 aliphatic heterocycles. The van der Waals surface area contributed by atoms with Gasteiger partial charge in [-0.05, 0) is 18.2 Å². The van der Waals surface area contributed by atoms with E-state index in [9.17, 15) is 18.0 Å². The molecule has 5 nitrogen and oxygen atoms in total. The Morgan fingerprint density at radius 2 is 2.14 bits per heavy atom. The molecule has 0 saturated heterocycles. The molecule has 0 radical (unpaired) electrons. The molecule has 0 amide bonds. The number of alkyl halides is 3. The van der Waals surface area contributed by atoms with Crippen LogP contribution in [0.15, 0.2) is 30.6 Å². The maximum atomic E-state index is 12.8. The number of pyridine rings is 1. The molecule has 0 fully saturated rings. The number of aliphatic carboxylic acids is 1. The third kappa shape index (κ3) is 3.40. The molecule has 0 bridgehead atoms. The summed E-state index contributed by atoms with van der Waals surface area (Å²) >= 11 is 5.57. The highest BCUT2D eigenvalue weighted by Gasteiger charge is 2.36. The minimum Gasteiger partial charge on any atom is -0.478 e. The molecule has 21 heavy (non-hydrogen) atoms. The van der Waals surface area contributed by atoms with Gasteiger partial charge in [-0.3, -0.25) is 0 Å². The van der Waals surface area contributed by atoms with Gasteiger partial charge in [-0.2, -0.15) is 18.3 Å². The summed E-state index contributed by atoms with van der Waals surface area (Å²) < 4.78 is 39.6. The number of halogens is 4. The summed E-state index contributed by atoms with van der Waals surface area (Å²) in [5, 5.41) is 11.8. The third-order valence-electron chi connectivity index (χ3n) is 2.38. The lowest BCUT2D eigenvalue weighted by Crippen LogP contribution is -2.13. The number of carboxylic acid groups (broad SMARTS) is 1. The third-order valence-corrected chi connectivity index (χ3v) is 2.67. The first-order valence-electron chi connectivity index (χ1n) is 5.48. The van der Waals surface area contributed by atoms with Crippen molar-refractivity contribution in [1.29, 1.82) is 0 Å². The maximum absolute atomic E-state index is 12.8. The van der Waals surface area contributed by atoms with Crippen LogP contribution in [0.5, 0.6) is 0 Å². The van der Waals surface area contributed by atoms with E-state index < -0.39 is 22.9 Å². The molecular weight excluding hydrogens is 311 g/mol. The van der Waals surface area contributed by atoms with E-state index >= 15 is 0 Å². The molecule has 2 heterocycles. The molecule has 1 N–H and O–H groups in total. The van der Waals surface area contributed by atoms with E-state index in [1.54, 1.807) is 0 Å². The minimum absolute atomic E-state index is 0.0964. The van der Waals surface area contributed by atoms with Gasteiger partial charge in [0, 0.05) is 24.0 Å². The Bertz CT molecular complexity index is 697. The maximum Gasteiger partial charge on any atom is 0.434 e. The standard InChI is InChI=1S/C12H7ClF3N3O2/c13-8-6-7(2-3-9(20)21)11(19-5-1-4-17-19)18-10(8)12(14,15)16/h1-6H,(H,20,21)/b3-2+. The van der Waals surface area contributed by atoms with E-state index in [0.29, 0.717) is 0 Å². The number of carboxylic acids is 1. The van der Waals surface area contributed by atoms with Gasteiger partial charge in [0.05, 0.1) is 5.02 Å². The summed E-state index contributed by atoms with van der Waals surface area (Å²) in [7, 11) is 0. The number of aromatic nitrogens is 3. The molecular formula is C12H7ClF3N3O2. The molecule has 0 aliphatic carbocycles. The highest BCUT2D eigenvalue weighted by atomic mass is 35.5. The highest BCUT2D eigenvalue weighted by molar-refractivity contribution is 6.31. The highest BCUT2D eigenvalue weighted by Crippen LogP contribution is 2.35. The minimum atomic E-state index is -4.73. The van der Waals surface area contributed by atoms with Crippen molar-refractivity contribution in [2.45, 2.75) is 6.18 Å². The Morgan fingerprint density at radius 1 is 1.43 bits per heavy atom. The number of nitrogens with zero attached hydrogens (tertiary/aromatic N) is 3. The fourth-order valence-corrected chi connectivity index (χ4v) is 1.82. The predicted molar refractivity (Wildman–Crippen MR) is 68.0 cm³/mol. The Kier molecular flexibility index (Phi) is 3.99. The summed E-state index contributed by atoms with van der Waals surface area (Å²) in [5.74, 6) is -1.42. The van der Waals surface area contributed by atoms with Crippen LogP contribution in [0.2, 0.25) is 5.02 Å². The normalized spacial score (nSPS) is 12.0. The summed E-state index contributed by atoms with van der Waals surface area (Å²) in [6.07, 6.45) is -0.122. The first kappa shape index (κ1) is 15.0. The SMILES string of the molecule is O=C(O)/C=C/c1cc(Cl)c(C(F)(F)F)nc1-n1cccn1. The van der Waals surface area contributed by atoms with Gasteiger partial charge in [0.1, 0.15) is 0 Å². The summed E-state index contributed by atoms with van der Waals surface area (Å²) in [6, 6.07) is 2.49. The first-order valence-corrected chi connectivity index (χ1v) is 5.85. The largest absolute Gasteiger partial charge is 0.478 e. The molecule has 0 unspecified atom stereocenters. The zero-order valence-electron chi connectivity index (χ0n) is 10.2. The molecule has 9 heteroatoms. The van der Waals surface area contributed by atoms with Crippen molar-refractivity contribution in [1.82, 2.24) is 14.8 Å². The van der Waals surface area contributed by atoms with Crippen molar-refractivity contribution in [2.75, 3.05) is 0 Å². The molecule has 0 aromatic carbocycles. The van der Waals surface area contributed by atoms with Crippen molar-refractivity contribution >= 4 is 23.6 Å². The molecule has 2 aromatic rings. The molecule has 2 aromatic heterocycles. The van der Waals surface area contributed by atoms with Crippen molar-refractivity contribution in [3.63, 3.8) is 0 Å². The molecule has 2 rings (SSSR count). The van der Waals surface area contributed by atoms with Crippen LogP contribution in [0.4, 0.5) is 13.2 Å². The van der Waals surface area contributed by atoms with Crippen LogP contribution in [-0.2, 0) is 11.0 Å². The number of carbonyl (C=O) groups is 1. The van der Waals surface area contributed by atoms with Crippen LogP contribution < -0.4 is 0 Å². The van der Waals surface area contributed by atoms with Crippen LogP contribution in [0.1, 0.15) is 11.3 Å². The summed E-state index contributed by atoms with van der Waals surface area (Å²) in [4.78, 5) is 14.0. The van der Waals surface area contributed by atoms with Gasteiger partial charge in [0.2, 0.25) is 0 Å². The average Bonchev–Trinajstić information content (AvgIpc) is 2.88. The second kappa shape index (κ2) is 5.57. The zero-order chi connectivity index (χ0) is 15.6. The topological polar surface area (TPSA) is 68.0 Å². The van der Waals surface area contributed by atoms with Gasteiger partial charge in [-0.15, -0.1) is 0 Å². The van der Waals surface area contributed by atoms with Gasteiger partial charge in [0.25, 0.3) is 0 Å². The van der Waals surface area contributed by atoms with E-state index in [1.165, 1.54) is 18.5 Å². The molecule has 110 valence electrons. The molecule has 0 aliphatic rings. The molecule has 0 spiro atoms. The first-order chi connectivity index (χ1) is 9.79. The Hall–Kier alpha value is -2.35. The molecule has 0 saturated carbocycles. The van der Waals surface area contributed by atoms with Gasteiger partial charge in [0.15, 0.2) is 11.5 Å². The number of hydrogen-bond donors (Lipinski definition) is 1. The van der Waals surface area contributed by atoms with Crippen LogP contribution in [0.3, 0.4) is 0 Å². The van der Waals surface area contributed by atoms with Crippen molar-refractivity contribution < 1.29 is 23.1 Å². The van der Waals surface area contributed by atoms with Gasteiger partial charge >= 0.3 is 12.1 Å². The van der Waals surface area contributed by atoms with Crippen molar-refractivity contribution in [2.24, 2.45) is 0 Å². The number of hydrogen-bond acceptors (Lipinski definition) is 3. The second-order valence-electron chi connectivity index (χ2n) is 3.85. The lowest BCUT2D eigenvalue weighted by atomic mass is 10.2. The average molecular weight is 318 g/mol. The Balaban J connectivity index is 2.65. The van der Waals surface area contributed by atoms with Crippen molar-refractivity contribution in [3.05, 3.63) is 46.9 Å². The van der Waals surface area contributed by atoms with E-state index in [1.807, 2.05) is 0 Å². The van der Waals surface area contributed by atoms with E-state index in [4.69, 9.17) is 16.7 Å². The van der Waals surface area contributed by atoms with Gasteiger partial charge < -0.3 is 5.11 Å². The second-order valence-corrected chi connectivity index (χ2v) is 4.26. The monoisotopic (exact) mass is 317 g/mol.